The van der Waals surface area contributed by atoms with E-state index >= 15 is 0 Å². The summed E-state index contributed by atoms with van der Waals surface area (Å²) in [6, 6.07) is 4.34. The molecule has 7 heteroatoms. The molecule has 140 valence electrons. The SMILES string of the molecule is COc1ccc(C)c(S(=O)(=O)N2CCCC2C(=O)NCCC(C)C)c1. The number of rotatable bonds is 7. The Morgan fingerprint density at radius 3 is 2.76 bits per heavy atom. The van der Waals surface area contributed by atoms with Crippen molar-refractivity contribution in [2.45, 2.75) is 51.0 Å². The van der Waals surface area contributed by atoms with Crippen molar-refractivity contribution in [2.75, 3.05) is 20.2 Å². The standard InChI is InChI=1S/C18H28N2O4S/c1-13(2)9-10-19-18(21)16-6-5-11-20(16)25(22,23)17-12-15(24-4)8-7-14(17)3/h7-8,12-13,16H,5-6,9-11H2,1-4H3,(H,19,21). The molecule has 0 spiro atoms. The number of benzene rings is 1. The highest BCUT2D eigenvalue weighted by molar-refractivity contribution is 7.89. The second-order valence-electron chi connectivity index (χ2n) is 6.88. The zero-order valence-corrected chi connectivity index (χ0v) is 16.2. The predicted molar refractivity (Wildman–Crippen MR) is 97.1 cm³/mol. The lowest BCUT2D eigenvalue weighted by Crippen LogP contribution is -2.46. The zero-order valence-electron chi connectivity index (χ0n) is 15.4. The number of carbonyl (C=O) groups is 1. The van der Waals surface area contributed by atoms with E-state index in [0.717, 1.165) is 6.42 Å². The van der Waals surface area contributed by atoms with Gasteiger partial charge in [0.25, 0.3) is 0 Å². The van der Waals surface area contributed by atoms with E-state index in [1.165, 1.54) is 17.5 Å². The van der Waals surface area contributed by atoms with Crippen molar-refractivity contribution in [1.29, 1.82) is 0 Å². The first kappa shape index (κ1) is 19.7. The molecule has 1 heterocycles. The largest absolute Gasteiger partial charge is 0.497 e. The third kappa shape index (κ3) is 4.52. The fourth-order valence-electron chi connectivity index (χ4n) is 3.00. The minimum Gasteiger partial charge on any atom is -0.497 e. The molecule has 6 nitrogen and oxygen atoms in total. The van der Waals surface area contributed by atoms with Crippen molar-refractivity contribution in [3.05, 3.63) is 23.8 Å². The van der Waals surface area contributed by atoms with Gasteiger partial charge >= 0.3 is 0 Å². The number of ether oxygens (including phenoxy) is 1. The molecule has 25 heavy (non-hydrogen) atoms. The normalized spacial score (nSPS) is 18.5. The van der Waals surface area contributed by atoms with Crippen LogP contribution in [0.15, 0.2) is 23.1 Å². The lowest BCUT2D eigenvalue weighted by molar-refractivity contribution is -0.124. The van der Waals surface area contributed by atoms with E-state index in [9.17, 15) is 13.2 Å². The highest BCUT2D eigenvalue weighted by Crippen LogP contribution is 2.30. The molecule has 1 unspecified atom stereocenters. The Morgan fingerprint density at radius 2 is 2.12 bits per heavy atom. The molecule has 0 aliphatic carbocycles. The number of sulfonamides is 1. The molecule has 0 radical (unpaired) electrons. The monoisotopic (exact) mass is 368 g/mol. The van der Waals surface area contributed by atoms with Crippen molar-refractivity contribution >= 4 is 15.9 Å². The molecular formula is C18H28N2O4S. The summed E-state index contributed by atoms with van der Waals surface area (Å²) >= 11 is 0. The third-order valence-corrected chi connectivity index (χ3v) is 6.56. The van der Waals surface area contributed by atoms with Crippen LogP contribution in [-0.2, 0) is 14.8 Å². The van der Waals surface area contributed by atoms with Crippen LogP contribution in [0.4, 0.5) is 0 Å². The molecule has 0 bridgehead atoms. The topological polar surface area (TPSA) is 75.7 Å². The lowest BCUT2D eigenvalue weighted by atomic mass is 10.1. The Kier molecular flexibility index (Phi) is 6.46. The van der Waals surface area contributed by atoms with Crippen molar-refractivity contribution in [3.8, 4) is 5.75 Å². The average Bonchev–Trinajstić information content (AvgIpc) is 3.05. The second kappa shape index (κ2) is 8.19. The number of nitrogens with zero attached hydrogens (tertiary/aromatic N) is 1. The van der Waals surface area contributed by atoms with Crippen LogP contribution in [0.2, 0.25) is 0 Å². The minimum atomic E-state index is -3.75. The van der Waals surface area contributed by atoms with Gasteiger partial charge in [0.2, 0.25) is 15.9 Å². The summed E-state index contributed by atoms with van der Waals surface area (Å²) in [5.41, 5.74) is 0.645. The van der Waals surface area contributed by atoms with E-state index in [4.69, 9.17) is 4.74 Å². The van der Waals surface area contributed by atoms with E-state index < -0.39 is 16.1 Å². The maximum Gasteiger partial charge on any atom is 0.244 e. The van der Waals surface area contributed by atoms with Gasteiger partial charge in [-0.3, -0.25) is 4.79 Å². The summed E-state index contributed by atoms with van der Waals surface area (Å²) in [4.78, 5) is 12.7. The van der Waals surface area contributed by atoms with Crippen LogP contribution in [0, 0.1) is 12.8 Å². The number of aryl methyl sites for hydroxylation is 1. The summed E-state index contributed by atoms with van der Waals surface area (Å²) in [7, 11) is -2.24. The number of nitrogens with one attached hydrogen (secondary N) is 1. The number of hydrogen-bond donors (Lipinski definition) is 1. The Balaban J connectivity index is 2.21. The first-order chi connectivity index (χ1) is 11.8. The maximum atomic E-state index is 13.1. The third-order valence-electron chi connectivity index (χ3n) is 4.51. The van der Waals surface area contributed by atoms with E-state index in [-0.39, 0.29) is 10.8 Å². The van der Waals surface area contributed by atoms with Gasteiger partial charge in [-0.15, -0.1) is 0 Å². The highest BCUT2D eigenvalue weighted by Gasteiger charge is 2.40. The molecule has 1 aliphatic rings. The summed E-state index contributed by atoms with van der Waals surface area (Å²) in [6.07, 6.45) is 2.11. The van der Waals surface area contributed by atoms with Crippen LogP contribution in [0.3, 0.4) is 0 Å². The van der Waals surface area contributed by atoms with Crippen LogP contribution >= 0.6 is 0 Å². The van der Waals surface area contributed by atoms with E-state index in [2.05, 4.69) is 19.2 Å². The molecule has 1 aromatic carbocycles. The number of carbonyl (C=O) groups excluding carboxylic acids is 1. The molecule has 1 atom stereocenters. The van der Waals surface area contributed by atoms with Crippen LogP contribution in [0.5, 0.6) is 5.75 Å². The Labute approximate surface area is 150 Å². The van der Waals surface area contributed by atoms with Gasteiger partial charge in [-0.05, 0) is 43.7 Å². The van der Waals surface area contributed by atoms with Gasteiger partial charge in [-0.2, -0.15) is 4.31 Å². The van der Waals surface area contributed by atoms with Crippen molar-refractivity contribution in [2.24, 2.45) is 5.92 Å². The van der Waals surface area contributed by atoms with Crippen LogP contribution < -0.4 is 10.1 Å². The Bertz CT molecular complexity index is 716. The van der Waals surface area contributed by atoms with Gasteiger partial charge in [-0.1, -0.05) is 19.9 Å². The fourth-order valence-corrected chi connectivity index (χ4v) is 4.90. The molecule has 1 fully saturated rings. The molecule has 1 saturated heterocycles. The molecule has 2 rings (SSSR count). The van der Waals surface area contributed by atoms with Crippen LogP contribution in [0.1, 0.15) is 38.7 Å². The van der Waals surface area contributed by atoms with Gasteiger partial charge in [-0.25, -0.2) is 8.42 Å². The summed E-state index contributed by atoms with van der Waals surface area (Å²) in [5, 5.41) is 2.88. The van der Waals surface area contributed by atoms with Gasteiger partial charge in [0.05, 0.1) is 12.0 Å². The van der Waals surface area contributed by atoms with Crippen molar-refractivity contribution in [3.63, 3.8) is 0 Å². The van der Waals surface area contributed by atoms with Crippen LogP contribution in [-0.4, -0.2) is 44.9 Å². The first-order valence-corrected chi connectivity index (χ1v) is 10.2. The smallest absolute Gasteiger partial charge is 0.244 e. The number of methoxy groups -OCH3 is 1. The highest BCUT2D eigenvalue weighted by atomic mass is 32.2. The van der Waals surface area contributed by atoms with E-state index in [0.29, 0.717) is 43.2 Å². The average molecular weight is 368 g/mol. The molecule has 1 aliphatic heterocycles. The van der Waals surface area contributed by atoms with Crippen LogP contribution in [0.25, 0.3) is 0 Å². The fraction of sp³-hybridized carbons (Fsp3) is 0.611. The van der Waals surface area contributed by atoms with Crippen molar-refractivity contribution < 1.29 is 17.9 Å². The molecule has 0 aromatic heterocycles. The number of amides is 1. The molecular weight excluding hydrogens is 340 g/mol. The predicted octanol–water partition coefficient (Wildman–Crippen LogP) is 2.32. The van der Waals surface area contributed by atoms with Crippen molar-refractivity contribution in [1.82, 2.24) is 9.62 Å². The quantitative estimate of drug-likeness (QED) is 0.801. The molecule has 1 aromatic rings. The van der Waals surface area contributed by atoms with E-state index in [1.807, 2.05) is 0 Å². The first-order valence-electron chi connectivity index (χ1n) is 8.71. The van der Waals surface area contributed by atoms with Gasteiger partial charge in [0.1, 0.15) is 11.8 Å². The minimum absolute atomic E-state index is 0.203. The van der Waals surface area contributed by atoms with Gasteiger partial charge in [0.15, 0.2) is 0 Å². The molecule has 1 N–H and O–H groups in total. The Hall–Kier alpha value is -1.60. The molecule has 0 saturated carbocycles. The van der Waals surface area contributed by atoms with Gasteiger partial charge < -0.3 is 10.1 Å². The van der Waals surface area contributed by atoms with E-state index in [1.54, 1.807) is 19.1 Å². The number of hydrogen-bond acceptors (Lipinski definition) is 4. The van der Waals surface area contributed by atoms with Gasteiger partial charge in [0, 0.05) is 19.2 Å². The summed E-state index contributed by atoms with van der Waals surface area (Å²) in [6.45, 7) is 6.86. The summed E-state index contributed by atoms with van der Waals surface area (Å²) < 4.78 is 32.7. The summed E-state index contributed by atoms with van der Waals surface area (Å²) in [5.74, 6) is 0.770. The zero-order chi connectivity index (χ0) is 18.6. The lowest BCUT2D eigenvalue weighted by Gasteiger charge is -2.24. The maximum absolute atomic E-state index is 13.1. The Morgan fingerprint density at radius 1 is 1.40 bits per heavy atom. The second-order valence-corrected chi connectivity index (χ2v) is 8.74. The molecule has 1 amide bonds.